The van der Waals surface area contributed by atoms with E-state index in [4.69, 9.17) is 4.52 Å². The Balaban J connectivity index is 2.13. The van der Waals surface area contributed by atoms with E-state index < -0.39 is 17.4 Å². The second-order valence-electron chi connectivity index (χ2n) is 5.49. The van der Waals surface area contributed by atoms with Gasteiger partial charge in [0.05, 0.1) is 6.20 Å². The highest BCUT2D eigenvalue weighted by Crippen LogP contribution is 2.34. The van der Waals surface area contributed by atoms with Crippen LogP contribution >= 0.6 is 0 Å². The smallest absolute Gasteiger partial charge is 0.329 e. The summed E-state index contributed by atoms with van der Waals surface area (Å²) in [5.74, 6) is -0.447. The van der Waals surface area contributed by atoms with Crippen LogP contribution in [0.2, 0.25) is 0 Å². The van der Waals surface area contributed by atoms with Gasteiger partial charge in [-0.25, -0.2) is 4.79 Å². The monoisotopic (exact) mass is 280 g/mol. The van der Waals surface area contributed by atoms with Crippen molar-refractivity contribution in [2.75, 3.05) is 0 Å². The molecule has 20 heavy (non-hydrogen) atoms. The van der Waals surface area contributed by atoms with Crippen molar-refractivity contribution in [1.29, 1.82) is 0 Å². The fourth-order valence-electron chi connectivity index (χ4n) is 2.77. The first-order chi connectivity index (χ1) is 9.48. The summed E-state index contributed by atoms with van der Waals surface area (Å²) in [7, 11) is 0. The van der Waals surface area contributed by atoms with Crippen LogP contribution in [0.25, 0.3) is 0 Å². The van der Waals surface area contributed by atoms with E-state index in [1.807, 2.05) is 0 Å². The van der Waals surface area contributed by atoms with E-state index in [2.05, 4.69) is 17.4 Å². The minimum atomic E-state index is -1.16. The van der Waals surface area contributed by atoms with Gasteiger partial charge in [0, 0.05) is 0 Å². The van der Waals surface area contributed by atoms with E-state index >= 15 is 0 Å². The summed E-state index contributed by atoms with van der Waals surface area (Å²) in [5.41, 5.74) is -0.866. The van der Waals surface area contributed by atoms with Gasteiger partial charge in [0.15, 0.2) is 0 Å². The predicted octanol–water partition coefficient (Wildman–Crippen LogP) is 2.14. The molecule has 2 rings (SSSR count). The quantitative estimate of drug-likeness (QED) is 0.881. The highest BCUT2D eigenvalue weighted by atomic mass is 16.5. The molecule has 0 unspecified atom stereocenters. The van der Waals surface area contributed by atoms with E-state index in [0.29, 0.717) is 30.1 Å². The largest absolute Gasteiger partial charge is 0.480 e. The third kappa shape index (κ3) is 2.69. The number of aliphatic carboxylic acids is 1. The molecule has 1 aliphatic carbocycles. The molecule has 1 fully saturated rings. The van der Waals surface area contributed by atoms with Crippen LogP contribution in [0.15, 0.2) is 10.7 Å². The number of carboxylic acids is 1. The van der Waals surface area contributed by atoms with E-state index in [-0.39, 0.29) is 0 Å². The third-order valence-corrected chi connectivity index (χ3v) is 4.29. The fourth-order valence-corrected chi connectivity index (χ4v) is 2.77. The standard InChI is InChI=1S/C14H20N2O4/c1-3-10-4-6-14(7-5-10,13(18)19)16-12(17)11-8-15-20-9(11)2/h8,10H,3-7H2,1-2H3,(H,16,17)(H,18,19). The molecule has 0 spiro atoms. The van der Waals surface area contributed by atoms with E-state index in [0.717, 1.165) is 19.3 Å². The molecule has 1 amide bonds. The number of carbonyl (C=O) groups excluding carboxylic acids is 1. The molecule has 0 saturated heterocycles. The normalized spacial score (nSPS) is 26.2. The lowest BCUT2D eigenvalue weighted by atomic mass is 9.75. The van der Waals surface area contributed by atoms with Crippen LogP contribution < -0.4 is 5.32 Å². The van der Waals surface area contributed by atoms with Crippen LogP contribution in [0.1, 0.15) is 55.1 Å². The zero-order chi connectivity index (χ0) is 14.8. The average Bonchev–Trinajstić information content (AvgIpc) is 2.85. The average molecular weight is 280 g/mol. The van der Waals surface area contributed by atoms with Gasteiger partial charge in [-0.15, -0.1) is 0 Å². The number of rotatable bonds is 4. The first kappa shape index (κ1) is 14.6. The van der Waals surface area contributed by atoms with Gasteiger partial charge in [-0.05, 0) is 38.5 Å². The van der Waals surface area contributed by atoms with Crippen molar-refractivity contribution in [1.82, 2.24) is 10.5 Å². The van der Waals surface area contributed by atoms with Crippen LogP contribution in [0.5, 0.6) is 0 Å². The molecule has 0 atom stereocenters. The third-order valence-electron chi connectivity index (χ3n) is 4.29. The molecular weight excluding hydrogens is 260 g/mol. The molecule has 2 N–H and O–H groups in total. The summed E-state index contributed by atoms with van der Waals surface area (Å²) in [6.45, 7) is 3.74. The molecule has 1 aliphatic rings. The van der Waals surface area contributed by atoms with Gasteiger partial charge >= 0.3 is 5.97 Å². The number of carbonyl (C=O) groups is 2. The first-order valence-electron chi connectivity index (χ1n) is 6.95. The van der Waals surface area contributed by atoms with Crippen molar-refractivity contribution in [2.45, 2.75) is 51.5 Å². The van der Waals surface area contributed by atoms with Crippen LogP contribution in [0.3, 0.4) is 0 Å². The number of nitrogens with one attached hydrogen (secondary N) is 1. The molecule has 0 radical (unpaired) electrons. The van der Waals surface area contributed by atoms with E-state index in [1.165, 1.54) is 6.20 Å². The molecule has 1 heterocycles. The number of nitrogens with zero attached hydrogens (tertiary/aromatic N) is 1. The Morgan fingerprint density at radius 2 is 2.15 bits per heavy atom. The summed E-state index contributed by atoms with van der Waals surface area (Å²) in [4.78, 5) is 23.8. The molecule has 1 aromatic rings. The topological polar surface area (TPSA) is 92.4 Å². The second-order valence-corrected chi connectivity index (χ2v) is 5.49. The highest BCUT2D eigenvalue weighted by molar-refractivity contribution is 5.98. The number of hydrogen-bond acceptors (Lipinski definition) is 4. The van der Waals surface area contributed by atoms with Gasteiger partial charge < -0.3 is 14.9 Å². The Morgan fingerprint density at radius 1 is 1.50 bits per heavy atom. The molecule has 0 aromatic carbocycles. The molecule has 110 valence electrons. The Morgan fingerprint density at radius 3 is 2.60 bits per heavy atom. The summed E-state index contributed by atoms with van der Waals surface area (Å²) in [6.07, 6.45) is 4.96. The minimum absolute atomic E-state index is 0.295. The lowest BCUT2D eigenvalue weighted by Gasteiger charge is -2.37. The maximum atomic E-state index is 12.2. The SMILES string of the molecule is CCC1CCC(NC(=O)c2cnoc2C)(C(=O)O)CC1. The fraction of sp³-hybridized carbons (Fsp3) is 0.643. The first-order valence-corrected chi connectivity index (χ1v) is 6.95. The van der Waals surface area contributed by atoms with Crippen molar-refractivity contribution in [3.8, 4) is 0 Å². The number of amides is 1. The van der Waals surface area contributed by atoms with Gasteiger partial charge in [-0.3, -0.25) is 4.79 Å². The summed E-state index contributed by atoms with van der Waals surface area (Å²) < 4.78 is 4.84. The predicted molar refractivity (Wildman–Crippen MR) is 71.3 cm³/mol. The lowest BCUT2D eigenvalue weighted by molar-refractivity contribution is -0.146. The van der Waals surface area contributed by atoms with Crippen LogP contribution in [-0.2, 0) is 4.79 Å². The molecule has 6 nitrogen and oxygen atoms in total. The maximum Gasteiger partial charge on any atom is 0.329 e. The second kappa shape index (κ2) is 5.64. The van der Waals surface area contributed by atoms with Gasteiger partial charge in [0.2, 0.25) is 0 Å². The molecule has 6 heteroatoms. The van der Waals surface area contributed by atoms with Crippen molar-refractivity contribution < 1.29 is 19.2 Å². The van der Waals surface area contributed by atoms with Crippen molar-refractivity contribution >= 4 is 11.9 Å². The van der Waals surface area contributed by atoms with Gasteiger partial charge in [0.25, 0.3) is 5.91 Å². The minimum Gasteiger partial charge on any atom is -0.480 e. The lowest BCUT2D eigenvalue weighted by Crippen LogP contribution is -2.56. The Labute approximate surface area is 117 Å². The number of aromatic nitrogens is 1. The number of aryl methyl sites for hydroxylation is 1. The summed E-state index contributed by atoms with van der Waals surface area (Å²) >= 11 is 0. The van der Waals surface area contributed by atoms with Gasteiger partial charge in [0.1, 0.15) is 16.9 Å². The van der Waals surface area contributed by atoms with E-state index in [9.17, 15) is 14.7 Å². The number of carboxylic acid groups (broad SMARTS) is 1. The van der Waals surface area contributed by atoms with Gasteiger partial charge in [-0.1, -0.05) is 18.5 Å². The number of hydrogen-bond donors (Lipinski definition) is 2. The van der Waals surface area contributed by atoms with Crippen molar-refractivity contribution in [3.05, 3.63) is 17.5 Å². The Bertz CT molecular complexity index is 501. The molecule has 1 aromatic heterocycles. The molecule has 0 aliphatic heterocycles. The van der Waals surface area contributed by atoms with Crippen LogP contribution in [0.4, 0.5) is 0 Å². The zero-order valence-electron chi connectivity index (χ0n) is 11.8. The highest BCUT2D eigenvalue weighted by Gasteiger charge is 2.43. The van der Waals surface area contributed by atoms with E-state index in [1.54, 1.807) is 6.92 Å². The van der Waals surface area contributed by atoms with Gasteiger partial charge in [-0.2, -0.15) is 0 Å². The van der Waals surface area contributed by atoms with Crippen molar-refractivity contribution in [2.24, 2.45) is 5.92 Å². The summed E-state index contributed by atoms with van der Waals surface area (Å²) in [5, 5.41) is 15.7. The molecule has 1 saturated carbocycles. The molecular formula is C14H20N2O4. The van der Waals surface area contributed by atoms with Crippen molar-refractivity contribution in [3.63, 3.8) is 0 Å². The van der Waals surface area contributed by atoms with Crippen LogP contribution in [0, 0.1) is 12.8 Å². The van der Waals surface area contributed by atoms with Crippen LogP contribution in [-0.4, -0.2) is 27.7 Å². The molecule has 0 bridgehead atoms. The Kier molecular flexibility index (Phi) is 4.11. The maximum absolute atomic E-state index is 12.2. The summed E-state index contributed by atoms with van der Waals surface area (Å²) in [6, 6.07) is 0. The Hall–Kier alpha value is -1.85. The zero-order valence-corrected chi connectivity index (χ0v) is 11.8.